The van der Waals surface area contributed by atoms with Crippen LogP contribution < -0.4 is 11.1 Å². The Bertz CT molecular complexity index is 376. The van der Waals surface area contributed by atoms with Gasteiger partial charge in [0.1, 0.15) is 0 Å². The molecule has 0 aromatic heterocycles. The van der Waals surface area contributed by atoms with Crippen LogP contribution in [-0.4, -0.2) is 18.0 Å². The Morgan fingerprint density at radius 1 is 1.43 bits per heavy atom. The lowest BCUT2D eigenvalue weighted by Crippen LogP contribution is -2.33. The second-order valence-electron chi connectivity index (χ2n) is 3.44. The van der Waals surface area contributed by atoms with E-state index in [0.29, 0.717) is 13.1 Å². The monoisotopic (exact) mass is 191 g/mol. The number of nitrogens with one attached hydrogen (secondary N) is 1. The summed E-state index contributed by atoms with van der Waals surface area (Å²) >= 11 is 0. The number of carbonyl (C=O) groups excluding carboxylic acids is 1. The van der Waals surface area contributed by atoms with Crippen LogP contribution >= 0.6 is 0 Å². The fourth-order valence-electron chi connectivity index (χ4n) is 1.72. The van der Waals surface area contributed by atoms with E-state index in [1.165, 1.54) is 5.56 Å². The number of anilines is 1. The van der Waals surface area contributed by atoms with Crippen molar-refractivity contribution in [2.45, 2.75) is 13.1 Å². The molecule has 0 saturated heterocycles. The molecule has 1 aliphatic heterocycles. The minimum absolute atomic E-state index is 0.0419. The molecule has 2 amide bonds. The van der Waals surface area contributed by atoms with E-state index in [2.05, 4.69) is 5.32 Å². The van der Waals surface area contributed by atoms with Gasteiger partial charge in [0.2, 0.25) is 0 Å². The molecule has 2 rings (SSSR count). The largest absolute Gasteiger partial charge is 0.399 e. The van der Waals surface area contributed by atoms with E-state index in [-0.39, 0.29) is 6.03 Å². The molecule has 1 heterocycles. The Kier molecular flexibility index (Phi) is 2.04. The summed E-state index contributed by atoms with van der Waals surface area (Å²) in [4.78, 5) is 13.1. The Morgan fingerprint density at radius 3 is 2.86 bits per heavy atom. The summed E-state index contributed by atoms with van der Waals surface area (Å²) in [6, 6.07) is 5.73. The van der Waals surface area contributed by atoms with E-state index >= 15 is 0 Å². The number of amides is 2. The lowest BCUT2D eigenvalue weighted by molar-refractivity contribution is 0.201. The summed E-state index contributed by atoms with van der Waals surface area (Å²) in [7, 11) is 1.64. The first kappa shape index (κ1) is 8.87. The molecule has 1 aromatic carbocycles. The van der Waals surface area contributed by atoms with Crippen LogP contribution in [-0.2, 0) is 13.1 Å². The average Bonchev–Trinajstić information content (AvgIpc) is 2.59. The number of fused-ring (bicyclic) bond motifs is 1. The maximum absolute atomic E-state index is 11.4. The quantitative estimate of drug-likeness (QED) is 0.599. The van der Waals surface area contributed by atoms with Gasteiger partial charge in [-0.1, -0.05) is 6.07 Å². The summed E-state index contributed by atoms with van der Waals surface area (Å²) in [6.45, 7) is 1.33. The smallest absolute Gasteiger partial charge is 0.317 e. The van der Waals surface area contributed by atoms with Gasteiger partial charge < -0.3 is 16.0 Å². The molecule has 74 valence electrons. The molecule has 0 unspecified atom stereocenters. The molecular weight excluding hydrogens is 178 g/mol. The van der Waals surface area contributed by atoms with E-state index in [1.807, 2.05) is 18.2 Å². The molecular formula is C10H13N3O. The highest BCUT2D eigenvalue weighted by atomic mass is 16.2. The van der Waals surface area contributed by atoms with Crippen LogP contribution in [0.3, 0.4) is 0 Å². The number of urea groups is 1. The van der Waals surface area contributed by atoms with Crippen molar-refractivity contribution < 1.29 is 4.79 Å². The van der Waals surface area contributed by atoms with Gasteiger partial charge in [-0.25, -0.2) is 4.79 Å². The first-order valence-electron chi connectivity index (χ1n) is 4.54. The number of nitrogen functional groups attached to an aromatic ring is 1. The van der Waals surface area contributed by atoms with Gasteiger partial charge in [0.15, 0.2) is 0 Å². The van der Waals surface area contributed by atoms with Crippen molar-refractivity contribution in [3.8, 4) is 0 Å². The molecule has 1 aromatic rings. The van der Waals surface area contributed by atoms with Crippen molar-refractivity contribution in [2.24, 2.45) is 0 Å². The zero-order valence-corrected chi connectivity index (χ0v) is 8.08. The summed E-state index contributed by atoms with van der Waals surface area (Å²) in [5.41, 5.74) is 8.75. The topological polar surface area (TPSA) is 58.4 Å². The molecule has 1 aliphatic rings. The minimum Gasteiger partial charge on any atom is -0.399 e. The number of benzene rings is 1. The zero-order chi connectivity index (χ0) is 10.1. The average molecular weight is 191 g/mol. The molecule has 0 atom stereocenters. The summed E-state index contributed by atoms with van der Waals surface area (Å²) in [6.07, 6.45) is 0. The highest BCUT2D eigenvalue weighted by Gasteiger charge is 2.22. The van der Waals surface area contributed by atoms with Gasteiger partial charge in [-0.05, 0) is 23.3 Å². The Labute approximate surface area is 82.7 Å². The van der Waals surface area contributed by atoms with Crippen LogP contribution in [0.25, 0.3) is 0 Å². The molecule has 0 saturated carbocycles. The molecule has 4 heteroatoms. The number of nitrogens with two attached hydrogens (primary N) is 1. The van der Waals surface area contributed by atoms with Gasteiger partial charge in [0.25, 0.3) is 0 Å². The normalized spacial score (nSPS) is 13.9. The summed E-state index contributed by atoms with van der Waals surface area (Å²) in [5.74, 6) is 0. The Hall–Kier alpha value is -1.71. The van der Waals surface area contributed by atoms with Crippen molar-refractivity contribution >= 4 is 11.7 Å². The highest BCUT2D eigenvalue weighted by molar-refractivity contribution is 5.74. The van der Waals surface area contributed by atoms with E-state index in [4.69, 9.17) is 5.73 Å². The predicted octanol–water partition coefficient (Wildman–Crippen LogP) is 0.924. The molecule has 0 bridgehead atoms. The first-order chi connectivity index (χ1) is 6.70. The van der Waals surface area contributed by atoms with Gasteiger partial charge >= 0.3 is 6.03 Å². The minimum atomic E-state index is -0.0419. The van der Waals surface area contributed by atoms with Crippen LogP contribution in [0.5, 0.6) is 0 Å². The number of carbonyl (C=O) groups is 1. The molecule has 0 aliphatic carbocycles. The van der Waals surface area contributed by atoms with Crippen molar-refractivity contribution in [3.63, 3.8) is 0 Å². The standard InChI is InChI=1S/C10H13N3O/c1-12-10(14)13-5-7-2-3-9(11)4-8(7)6-13/h2-4H,5-6,11H2,1H3,(H,12,14). The lowest BCUT2D eigenvalue weighted by atomic mass is 10.1. The van der Waals surface area contributed by atoms with E-state index in [1.54, 1.807) is 11.9 Å². The SMILES string of the molecule is CNC(=O)N1Cc2ccc(N)cc2C1. The molecule has 4 nitrogen and oxygen atoms in total. The van der Waals surface area contributed by atoms with E-state index in [9.17, 15) is 4.79 Å². The molecule has 14 heavy (non-hydrogen) atoms. The van der Waals surface area contributed by atoms with Crippen LogP contribution in [0, 0.1) is 0 Å². The zero-order valence-electron chi connectivity index (χ0n) is 8.08. The fraction of sp³-hybridized carbons (Fsp3) is 0.300. The van der Waals surface area contributed by atoms with E-state index in [0.717, 1.165) is 11.3 Å². The molecule has 0 radical (unpaired) electrons. The third-order valence-corrected chi connectivity index (χ3v) is 2.45. The van der Waals surface area contributed by atoms with Crippen LogP contribution in [0.15, 0.2) is 18.2 Å². The van der Waals surface area contributed by atoms with Crippen molar-refractivity contribution in [3.05, 3.63) is 29.3 Å². The van der Waals surface area contributed by atoms with Crippen LogP contribution in [0.4, 0.5) is 10.5 Å². The third-order valence-electron chi connectivity index (χ3n) is 2.45. The maximum Gasteiger partial charge on any atom is 0.317 e. The fourth-order valence-corrected chi connectivity index (χ4v) is 1.72. The number of hydrogen-bond donors (Lipinski definition) is 2. The second-order valence-corrected chi connectivity index (χ2v) is 3.44. The first-order valence-corrected chi connectivity index (χ1v) is 4.54. The van der Waals surface area contributed by atoms with Gasteiger partial charge in [0.05, 0.1) is 0 Å². The summed E-state index contributed by atoms with van der Waals surface area (Å²) in [5, 5.41) is 2.61. The van der Waals surface area contributed by atoms with Crippen molar-refractivity contribution in [2.75, 3.05) is 12.8 Å². The maximum atomic E-state index is 11.4. The molecule has 0 fully saturated rings. The third kappa shape index (κ3) is 1.39. The van der Waals surface area contributed by atoms with E-state index < -0.39 is 0 Å². The summed E-state index contributed by atoms with van der Waals surface area (Å²) < 4.78 is 0. The predicted molar refractivity (Wildman–Crippen MR) is 54.6 cm³/mol. The van der Waals surface area contributed by atoms with Crippen molar-refractivity contribution in [1.29, 1.82) is 0 Å². The van der Waals surface area contributed by atoms with Crippen molar-refractivity contribution in [1.82, 2.24) is 10.2 Å². The van der Waals surface area contributed by atoms with Gasteiger partial charge in [-0.15, -0.1) is 0 Å². The van der Waals surface area contributed by atoms with Crippen LogP contribution in [0.2, 0.25) is 0 Å². The number of hydrogen-bond acceptors (Lipinski definition) is 2. The Balaban J connectivity index is 2.22. The molecule has 0 spiro atoms. The number of nitrogens with zero attached hydrogens (tertiary/aromatic N) is 1. The lowest BCUT2D eigenvalue weighted by Gasteiger charge is -2.13. The number of rotatable bonds is 0. The highest BCUT2D eigenvalue weighted by Crippen LogP contribution is 2.24. The van der Waals surface area contributed by atoms with Gasteiger partial charge in [-0.2, -0.15) is 0 Å². The second kappa shape index (κ2) is 3.21. The Morgan fingerprint density at radius 2 is 2.14 bits per heavy atom. The van der Waals surface area contributed by atoms with Crippen LogP contribution in [0.1, 0.15) is 11.1 Å². The van der Waals surface area contributed by atoms with Gasteiger partial charge in [-0.3, -0.25) is 0 Å². The van der Waals surface area contributed by atoms with Gasteiger partial charge in [0, 0.05) is 25.8 Å². The molecule has 3 N–H and O–H groups in total.